The number of hydrogen-bond acceptors (Lipinski definition) is 4. The van der Waals surface area contributed by atoms with Crippen LogP contribution in [0.2, 0.25) is 0 Å². The third-order valence-electron chi connectivity index (χ3n) is 3.40. The van der Waals surface area contributed by atoms with Crippen LogP contribution in [0.4, 0.5) is 4.39 Å². The molecule has 0 saturated heterocycles. The number of nitrogens with zero attached hydrogens (tertiary/aromatic N) is 2. The summed E-state index contributed by atoms with van der Waals surface area (Å²) in [6.07, 6.45) is 6.26. The van der Waals surface area contributed by atoms with Crippen molar-refractivity contribution in [3.63, 3.8) is 0 Å². The highest BCUT2D eigenvalue weighted by molar-refractivity contribution is 5.85. The molecule has 106 valence electrons. The third-order valence-corrected chi connectivity index (χ3v) is 3.40. The van der Waals surface area contributed by atoms with Crippen LogP contribution in [0.3, 0.4) is 0 Å². The Morgan fingerprint density at radius 2 is 2.10 bits per heavy atom. The highest BCUT2D eigenvalue weighted by Crippen LogP contribution is 2.36. The molecule has 0 bridgehead atoms. The van der Waals surface area contributed by atoms with Crippen molar-refractivity contribution in [3.8, 4) is 0 Å². The van der Waals surface area contributed by atoms with Crippen molar-refractivity contribution in [2.75, 3.05) is 0 Å². The average molecular weight is 296 g/mol. The zero-order valence-corrected chi connectivity index (χ0v) is 11.6. The normalized spacial score (nSPS) is 16.7. The molecule has 0 aliphatic heterocycles. The summed E-state index contributed by atoms with van der Waals surface area (Å²) in [7, 11) is 0. The first-order valence-electron chi connectivity index (χ1n) is 6.22. The van der Waals surface area contributed by atoms with E-state index in [-0.39, 0.29) is 18.2 Å². The highest BCUT2D eigenvalue weighted by Gasteiger charge is 2.38. The SMILES string of the molecule is Cl.NC1(c2noc(/C=C/c3cccc(F)c3)n2)CCC1. The molecule has 2 N–H and O–H groups in total. The maximum absolute atomic E-state index is 13.0. The van der Waals surface area contributed by atoms with Gasteiger partial charge in [-0.2, -0.15) is 4.98 Å². The lowest BCUT2D eigenvalue weighted by Gasteiger charge is -2.34. The molecule has 1 saturated carbocycles. The summed E-state index contributed by atoms with van der Waals surface area (Å²) in [6, 6.07) is 6.28. The van der Waals surface area contributed by atoms with Crippen molar-refractivity contribution in [1.29, 1.82) is 0 Å². The fourth-order valence-corrected chi connectivity index (χ4v) is 2.06. The van der Waals surface area contributed by atoms with Crippen LogP contribution in [-0.2, 0) is 5.54 Å². The quantitative estimate of drug-likeness (QED) is 0.945. The summed E-state index contributed by atoms with van der Waals surface area (Å²) in [4.78, 5) is 4.26. The van der Waals surface area contributed by atoms with E-state index in [1.54, 1.807) is 24.3 Å². The van der Waals surface area contributed by atoms with E-state index in [9.17, 15) is 4.39 Å². The van der Waals surface area contributed by atoms with E-state index in [1.165, 1.54) is 12.1 Å². The Hall–Kier alpha value is -1.72. The first kappa shape index (κ1) is 14.7. The van der Waals surface area contributed by atoms with Gasteiger partial charge in [0, 0.05) is 6.08 Å². The second-order valence-electron chi connectivity index (χ2n) is 4.85. The fraction of sp³-hybridized carbons (Fsp3) is 0.286. The molecular formula is C14H15ClFN3O. The predicted octanol–water partition coefficient (Wildman–Crippen LogP) is 3.14. The Morgan fingerprint density at radius 1 is 1.30 bits per heavy atom. The van der Waals surface area contributed by atoms with Gasteiger partial charge >= 0.3 is 0 Å². The molecule has 1 fully saturated rings. The number of benzene rings is 1. The van der Waals surface area contributed by atoms with Crippen LogP contribution in [0.15, 0.2) is 28.8 Å². The third kappa shape index (κ3) is 2.89. The zero-order chi connectivity index (χ0) is 13.3. The minimum atomic E-state index is -0.422. The van der Waals surface area contributed by atoms with Crippen LogP contribution in [0.5, 0.6) is 0 Å². The lowest BCUT2D eigenvalue weighted by atomic mass is 9.77. The van der Waals surface area contributed by atoms with Crippen molar-refractivity contribution >= 4 is 24.6 Å². The van der Waals surface area contributed by atoms with Crippen molar-refractivity contribution in [2.45, 2.75) is 24.8 Å². The van der Waals surface area contributed by atoms with Gasteiger partial charge in [0.15, 0.2) is 5.82 Å². The first-order chi connectivity index (χ1) is 9.16. The zero-order valence-electron chi connectivity index (χ0n) is 10.8. The number of rotatable bonds is 3. The molecule has 6 heteroatoms. The molecule has 4 nitrogen and oxygen atoms in total. The van der Waals surface area contributed by atoms with E-state index >= 15 is 0 Å². The van der Waals surface area contributed by atoms with Gasteiger partial charge in [0.1, 0.15) is 5.82 Å². The second-order valence-corrected chi connectivity index (χ2v) is 4.85. The van der Waals surface area contributed by atoms with Crippen molar-refractivity contribution in [1.82, 2.24) is 10.1 Å². The minimum Gasteiger partial charge on any atom is -0.335 e. The van der Waals surface area contributed by atoms with Gasteiger partial charge in [-0.15, -0.1) is 12.4 Å². The van der Waals surface area contributed by atoms with Crippen molar-refractivity contribution in [3.05, 3.63) is 47.4 Å². The number of nitrogens with two attached hydrogens (primary N) is 1. The van der Waals surface area contributed by atoms with E-state index in [2.05, 4.69) is 10.1 Å². The number of aromatic nitrogens is 2. The average Bonchev–Trinajstić information content (AvgIpc) is 2.83. The minimum absolute atomic E-state index is 0. The highest BCUT2D eigenvalue weighted by atomic mass is 35.5. The van der Waals surface area contributed by atoms with Crippen LogP contribution in [-0.4, -0.2) is 10.1 Å². The van der Waals surface area contributed by atoms with E-state index < -0.39 is 5.54 Å². The molecule has 1 aliphatic rings. The van der Waals surface area contributed by atoms with Gasteiger partial charge in [-0.25, -0.2) is 4.39 Å². The lowest BCUT2D eigenvalue weighted by Crippen LogP contribution is -2.44. The van der Waals surface area contributed by atoms with Gasteiger partial charge in [-0.05, 0) is 43.0 Å². The van der Waals surface area contributed by atoms with Gasteiger partial charge in [-0.1, -0.05) is 17.3 Å². The van der Waals surface area contributed by atoms with Crippen LogP contribution >= 0.6 is 12.4 Å². The molecule has 3 rings (SSSR count). The topological polar surface area (TPSA) is 64.9 Å². The molecule has 1 aromatic heterocycles. The summed E-state index contributed by atoms with van der Waals surface area (Å²) in [5.74, 6) is 0.664. The van der Waals surface area contributed by atoms with E-state index in [0.29, 0.717) is 11.7 Å². The van der Waals surface area contributed by atoms with E-state index in [4.69, 9.17) is 10.3 Å². The van der Waals surface area contributed by atoms with Gasteiger partial charge in [-0.3, -0.25) is 0 Å². The summed E-state index contributed by atoms with van der Waals surface area (Å²) in [5.41, 5.74) is 6.43. The second kappa shape index (κ2) is 5.73. The largest absolute Gasteiger partial charge is 0.335 e. The van der Waals surface area contributed by atoms with Gasteiger partial charge < -0.3 is 10.3 Å². The standard InChI is InChI=1S/C14H14FN3O.ClH/c15-11-4-1-3-10(9-11)5-6-12-17-13(18-19-12)14(16)7-2-8-14;/h1,3-6,9H,2,7-8,16H2;1H/b6-5+;. The molecular weight excluding hydrogens is 281 g/mol. The van der Waals surface area contributed by atoms with Crippen molar-refractivity contribution in [2.24, 2.45) is 5.73 Å². The van der Waals surface area contributed by atoms with Crippen LogP contribution in [0, 0.1) is 5.82 Å². The molecule has 0 unspecified atom stereocenters. The number of hydrogen-bond donors (Lipinski definition) is 1. The molecule has 1 heterocycles. The van der Waals surface area contributed by atoms with Crippen LogP contribution in [0.1, 0.15) is 36.5 Å². The molecule has 0 radical (unpaired) electrons. The summed E-state index contributed by atoms with van der Waals surface area (Å²) >= 11 is 0. The molecule has 20 heavy (non-hydrogen) atoms. The van der Waals surface area contributed by atoms with E-state index in [1.807, 2.05) is 0 Å². The Balaban J connectivity index is 0.00000147. The Bertz CT molecular complexity index is 622. The number of halogens is 2. The van der Waals surface area contributed by atoms with Gasteiger partial charge in [0.25, 0.3) is 5.89 Å². The molecule has 1 aliphatic carbocycles. The van der Waals surface area contributed by atoms with Crippen LogP contribution < -0.4 is 5.73 Å². The molecule has 0 spiro atoms. The molecule has 0 atom stereocenters. The maximum atomic E-state index is 13.0. The van der Waals surface area contributed by atoms with Gasteiger partial charge in [0.05, 0.1) is 5.54 Å². The smallest absolute Gasteiger partial charge is 0.250 e. The van der Waals surface area contributed by atoms with Crippen LogP contribution in [0.25, 0.3) is 12.2 Å². The summed E-state index contributed by atoms with van der Waals surface area (Å²) < 4.78 is 18.1. The van der Waals surface area contributed by atoms with E-state index in [0.717, 1.165) is 24.8 Å². The Morgan fingerprint density at radius 3 is 2.75 bits per heavy atom. The maximum Gasteiger partial charge on any atom is 0.250 e. The van der Waals surface area contributed by atoms with Crippen molar-refractivity contribution < 1.29 is 8.91 Å². The van der Waals surface area contributed by atoms with Gasteiger partial charge in [0.2, 0.25) is 0 Å². The summed E-state index contributed by atoms with van der Waals surface area (Å²) in [5, 5.41) is 3.90. The molecule has 0 amide bonds. The molecule has 1 aromatic carbocycles. The predicted molar refractivity (Wildman–Crippen MR) is 76.6 cm³/mol. The fourth-order valence-electron chi connectivity index (χ4n) is 2.06. The molecule has 2 aromatic rings. The first-order valence-corrected chi connectivity index (χ1v) is 6.22. The monoisotopic (exact) mass is 295 g/mol. The Kier molecular flexibility index (Phi) is 4.20. The Labute approximate surface area is 122 Å². The lowest BCUT2D eigenvalue weighted by molar-refractivity contribution is 0.229. The summed E-state index contributed by atoms with van der Waals surface area (Å²) in [6.45, 7) is 0.